The number of hydrogen-bond donors (Lipinski definition) is 1. The topological polar surface area (TPSA) is 77.3 Å². The van der Waals surface area contributed by atoms with E-state index >= 15 is 0 Å². The number of non-ortho nitro benzene ring substituents is 1. The van der Waals surface area contributed by atoms with Crippen LogP contribution in [0.1, 0.15) is 29.8 Å². The van der Waals surface area contributed by atoms with E-state index in [1.54, 1.807) is 19.2 Å². The summed E-state index contributed by atoms with van der Waals surface area (Å²) in [5.74, 6) is 0.627. The Kier molecular flexibility index (Phi) is 5.06. The van der Waals surface area contributed by atoms with E-state index in [0.717, 1.165) is 16.8 Å². The average molecular weight is 301 g/mol. The van der Waals surface area contributed by atoms with Crippen LogP contribution in [-0.4, -0.2) is 17.0 Å². The number of nitrogens with zero attached hydrogens (tertiary/aromatic N) is 2. The zero-order valence-corrected chi connectivity index (χ0v) is 12.9. The molecule has 22 heavy (non-hydrogen) atoms. The van der Waals surface area contributed by atoms with Crippen molar-refractivity contribution < 1.29 is 9.66 Å². The predicted octanol–water partition coefficient (Wildman–Crippen LogP) is 3.16. The van der Waals surface area contributed by atoms with Gasteiger partial charge in [-0.05, 0) is 31.5 Å². The predicted molar refractivity (Wildman–Crippen MR) is 83.9 cm³/mol. The third-order valence-corrected chi connectivity index (χ3v) is 3.45. The first kappa shape index (κ1) is 15.9. The Labute approximate surface area is 129 Å². The number of rotatable bonds is 6. The van der Waals surface area contributed by atoms with E-state index in [4.69, 9.17) is 4.74 Å². The average Bonchev–Trinajstić information content (AvgIpc) is 2.53. The van der Waals surface area contributed by atoms with Gasteiger partial charge in [-0.2, -0.15) is 0 Å². The van der Waals surface area contributed by atoms with Crippen molar-refractivity contribution in [3.05, 3.63) is 63.5 Å². The van der Waals surface area contributed by atoms with Crippen molar-refractivity contribution in [2.45, 2.75) is 26.4 Å². The zero-order chi connectivity index (χ0) is 16.1. The van der Waals surface area contributed by atoms with Crippen LogP contribution in [0.25, 0.3) is 0 Å². The molecule has 0 saturated carbocycles. The molecule has 6 heteroatoms. The zero-order valence-electron chi connectivity index (χ0n) is 12.9. The fraction of sp³-hybridized carbons (Fsp3) is 0.312. The number of hydrogen-bond acceptors (Lipinski definition) is 5. The van der Waals surface area contributed by atoms with E-state index in [1.165, 1.54) is 6.07 Å². The lowest BCUT2D eigenvalue weighted by Crippen LogP contribution is -2.19. The van der Waals surface area contributed by atoms with Crippen LogP contribution in [0.3, 0.4) is 0 Å². The smallest absolute Gasteiger partial charge is 0.270 e. The highest BCUT2D eigenvalue weighted by molar-refractivity contribution is 5.45. The minimum Gasteiger partial charge on any atom is -0.496 e. The first-order valence-electron chi connectivity index (χ1n) is 6.98. The van der Waals surface area contributed by atoms with Gasteiger partial charge in [-0.15, -0.1) is 0 Å². The third-order valence-electron chi connectivity index (χ3n) is 3.45. The summed E-state index contributed by atoms with van der Waals surface area (Å²) in [7, 11) is 1.55. The van der Waals surface area contributed by atoms with Crippen LogP contribution in [0.15, 0.2) is 36.5 Å². The quantitative estimate of drug-likeness (QED) is 0.655. The first-order chi connectivity index (χ1) is 10.5. The molecule has 2 rings (SSSR count). The largest absolute Gasteiger partial charge is 0.496 e. The maximum atomic E-state index is 10.9. The van der Waals surface area contributed by atoms with Crippen LogP contribution >= 0.6 is 0 Å². The number of pyridine rings is 1. The van der Waals surface area contributed by atoms with Gasteiger partial charge in [0.05, 0.1) is 17.7 Å². The molecule has 1 aromatic carbocycles. The summed E-state index contributed by atoms with van der Waals surface area (Å²) in [6.07, 6.45) is 1.82. The van der Waals surface area contributed by atoms with Gasteiger partial charge in [0.15, 0.2) is 0 Å². The maximum Gasteiger partial charge on any atom is 0.270 e. The minimum absolute atomic E-state index is 0.0536. The Morgan fingerprint density at radius 1 is 1.36 bits per heavy atom. The van der Waals surface area contributed by atoms with E-state index in [9.17, 15) is 10.1 Å². The van der Waals surface area contributed by atoms with Gasteiger partial charge in [-0.1, -0.05) is 6.07 Å². The summed E-state index contributed by atoms with van der Waals surface area (Å²) in [4.78, 5) is 14.8. The van der Waals surface area contributed by atoms with E-state index in [-0.39, 0.29) is 11.7 Å². The number of nitrogens with one attached hydrogen (secondary N) is 1. The highest BCUT2D eigenvalue weighted by atomic mass is 16.6. The third kappa shape index (κ3) is 3.79. The number of aryl methyl sites for hydroxylation is 1. The fourth-order valence-corrected chi connectivity index (χ4v) is 2.14. The summed E-state index contributed by atoms with van der Waals surface area (Å²) in [6.45, 7) is 4.50. The highest BCUT2D eigenvalue weighted by Gasteiger charge is 2.16. The van der Waals surface area contributed by atoms with E-state index < -0.39 is 4.92 Å². The van der Waals surface area contributed by atoms with E-state index in [1.807, 2.05) is 32.2 Å². The highest BCUT2D eigenvalue weighted by Crippen LogP contribution is 2.29. The molecule has 116 valence electrons. The lowest BCUT2D eigenvalue weighted by atomic mass is 10.1. The van der Waals surface area contributed by atoms with Crippen molar-refractivity contribution in [2.75, 3.05) is 7.11 Å². The van der Waals surface area contributed by atoms with Gasteiger partial charge in [0.25, 0.3) is 5.69 Å². The van der Waals surface area contributed by atoms with Gasteiger partial charge >= 0.3 is 0 Å². The molecular weight excluding hydrogens is 282 g/mol. The van der Waals surface area contributed by atoms with Crippen LogP contribution < -0.4 is 10.1 Å². The molecule has 0 aliphatic heterocycles. The second-order valence-electron chi connectivity index (χ2n) is 5.11. The molecule has 1 heterocycles. The van der Waals surface area contributed by atoms with E-state index in [0.29, 0.717) is 12.3 Å². The molecule has 0 spiro atoms. The molecule has 1 aromatic heterocycles. The van der Waals surface area contributed by atoms with Crippen molar-refractivity contribution in [1.82, 2.24) is 10.3 Å². The van der Waals surface area contributed by atoms with Crippen LogP contribution in [0, 0.1) is 17.0 Å². The maximum absolute atomic E-state index is 10.9. The summed E-state index contributed by atoms with van der Waals surface area (Å²) in [5.41, 5.74) is 2.83. The number of nitro groups is 1. The number of methoxy groups -OCH3 is 1. The molecule has 0 radical (unpaired) electrons. The second-order valence-corrected chi connectivity index (χ2v) is 5.11. The lowest BCUT2D eigenvalue weighted by molar-refractivity contribution is -0.385. The lowest BCUT2D eigenvalue weighted by Gasteiger charge is -2.17. The van der Waals surface area contributed by atoms with Crippen molar-refractivity contribution in [3.8, 4) is 5.75 Å². The summed E-state index contributed by atoms with van der Waals surface area (Å²) in [5, 5.41) is 14.2. The first-order valence-corrected chi connectivity index (χ1v) is 6.98. The molecule has 6 nitrogen and oxygen atoms in total. The van der Waals surface area contributed by atoms with Gasteiger partial charge in [0, 0.05) is 36.5 Å². The molecule has 0 saturated heterocycles. The Balaban J connectivity index is 2.13. The number of aromatic nitrogens is 1. The van der Waals surface area contributed by atoms with Crippen molar-refractivity contribution in [3.63, 3.8) is 0 Å². The Morgan fingerprint density at radius 3 is 2.73 bits per heavy atom. The number of nitro benzene ring substituents is 1. The van der Waals surface area contributed by atoms with Gasteiger partial charge in [0.1, 0.15) is 5.75 Å². The van der Waals surface area contributed by atoms with Gasteiger partial charge in [0.2, 0.25) is 0 Å². The summed E-state index contributed by atoms with van der Waals surface area (Å²) in [6, 6.07) is 8.46. The summed E-state index contributed by atoms with van der Waals surface area (Å²) < 4.78 is 5.29. The molecule has 0 fully saturated rings. The monoisotopic (exact) mass is 301 g/mol. The SMILES string of the molecule is COc1ccc([N+](=O)[O-])cc1[C@@H](C)NCc1ccc(C)cn1. The molecule has 1 N–H and O–H groups in total. The second kappa shape index (κ2) is 7.00. The molecule has 2 aromatic rings. The van der Waals surface area contributed by atoms with Gasteiger partial charge < -0.3 is 10.1 Å². The molecule has 0 bridgehead atoms. The van der Waals surface area contributed by atoms with Gasteiger partial charge in [-0.3, -0.25) is 15.1 Å². The van der Waals surface area contributed by atoms with Gasteiger partial charge in [-0.25, -0.2) is 0 Å². The van der Waals surface area contributed by atoms with Crippen LogP contribution in [0.5, 0.6) is 5.75 Å². The minimum atomic E-state index is -0.406. The Morgan fingerprint density at radius 2 is 2.14 bits per heavy atom. The molecular formula is C16H19N3O3. The van der Waals surface area contributed by atoms with Crippen LogP contribution in [0.2, 0.25) is 0 Å². The van der Waals surface area contributed by atoms with E-state index in [2.05, 4.69) is 10.3 Å². The summed E-state index contributed by atoms with van der Waals surface area (Å²) >= 11 is 0. The van der Waals surface area contributed by atoms with Crippen molar-refractivity contribution >= 4 is 5.69 Å². The molecule has 0 aliphatic rings. The number of benzene rings is 1. The molecule has 0 unspecified atom stereocenters. The van der Waals surface area contributed by atoms with Crippen molar-refractivity contribution in [1.29, 1.82) is 0 Å². The molecule has 0 amide bonds. The Bertz CT molecular complexity index is 656. The van der Waals surface area contributed by atoms with Crippen molar-refractivity contribution in [2.24, 2.45) is 0 Å². The fourth-order valence-electron chi connectivity index (χ4n) is 2.14. The number of ether oxygens (including phenoxy) is 1. The standard InChI is InChI=1S/C16H19N3O3/c1-11-4-5-13(18-9-11)10-17-12(2)15-8-14(19(20)21)6-7-16(15)22-3/h4-9,12,17H,10H2,1-3H3/t12-/m1/s1. The molecule has 0 aliphatic carbocycles. The molecule has 1 atom stereocenters. The van der Waals surface area contributed by atoms with Crippen LogP contribution in [0.4, 0.5) is 5.69 Å². The van der Waals surface area contributed by atoms with Crippen LogP contribution in [-0.2, 0) is 6.54 Å². The Hall–Kier alpha value is -2.47. The normalized spacial score (nSPS) is 12.0.